The van der Waals surface area contributed by atoms with Crippen molar-refractivity contribution < 1.29 is 13.2 Å². The van der Waals surface area contributed by atoms with Crippen molar-refractivity contribution in [3.05, 3.63) is 94.0 Å². The maximum atomic E-state index is 12.7. The number of amides is 1. The molecule has 0 bridgehead atoms. The minimum absolute atomic E-state index is 0.0499. The first kappa shape index (κ1) is 21.0. The van der Waals surface area contributed by atoms with Crippen LogP contribution in [0.4, 0.5) is 5.69 Å². The van der Waals surface area contributed by atoms with E-state index < -0.39 is 15.9 Å². The van der Waals surface area contributed by atoms with E-state index in [2.05, 4.69) is 10.0 Å². The Balaban J connectivity index is 1.83. The summed E-state index contributed by atoms with van der Waals surface area (Å²) in [4.78, 5) is 12.5. The molecule has 0 aliphatic rings. The molecule has 1 amide bonds. The van der Waals surface area contributed by atoms with Crippen LogP contribution < -0.4 is 10.0 Å². The summed E-state index contributed by atoms with van der Waals surface area (Å²) in [5, 5.41) is 2.88. The van der Waals surface area contributed by atoms with Crippen molar-refractivity contribution in [1.29, 1.82) is 0 Å². The summed E-state index contributed by atoms with van der Waals surface area (Å²) >= 11 is 6.12. The summed E-state index contributed by atoms with van der Waals surface area (Å²) in [6.07, 6.45) is 0. The average molecular weight is 429 g/mol. The molecule has 0 saturated heterocycles. The van der Waals surface area contributed by atoms with E-state index in [1.54, 1.807) is 6.07 Å². The fraction of sp³-hybridized carbons (Fsp3) is 0.136. The molecule has 5 nitrogen and oxygen atoms in total. The van der Waals surface area contributed by atoms with E-state index in [1.807, 2.05) is 56.3 Å². The molecule has 0 aliphatic carbocycles. The van der Waals surface area contributed by atoms with Gasteiger partial charge >= 0.3 is 0 Å². The molecular weight excluding hydrogens is 408 g/mol. The van der Waals surface area contributed by atoms with E-state index in [9.17, 15) is 13.2 Å². The lowest BCUT2D eigenvalue weighted by atomic mass is 10.1. The molecule has 0 atom stereocenters. The van der Waals surface area contributed by atoms with Crippen LogP contribution in [-0.4, -0.2) is 14.3 Å². The highest BCUT2D eigenvalue weighted by molar-refractivity contribution is 7.89. The van der Waals surface area contributed by atoms with E-state index in [0.29, 0.717) is 5.69 Å². The third-order valence-corrected chi connectivity index (χ3v) is 6.53. The molecule has 0 aromatic heterocycles. The van der Waals surface area contributed by atoms with Gasteiger partial charge in [-0.3, -0.25) is 4.79 Å². The summed E-state index contributed by atoms with van der Waals surface area (Å²) in [5.41, 5.74) is 3.70. The van der Waals surface area contributed by atoms with Crippen molar-refractivity contribution in [2.75, 3.05) is 5.32 Å². The molecule has 0 spiro atoms. The van der Waals surface area contributed by atoms with Crippen molar-refractivity contribution >= 4 is 33.2 Å². The van der Waals surface area contributed by atoms with Crippen LogP contribution in [0.3, 0.4) is 0 Å². The third-order valence-electron chi connectivity index (χ3n) is 4.64. The number of hydrogen-bond acceptors (Lipinski definition) is 3. The minimum Gasteiger partial charge on any atom is -0.322 e. The molecule has 3 rings (SSSR count). The van der Waals surface area contributed by atoms with Gasteiger partial charge in [0.15, 0.2) is 0 Å². The first-order chi connectivity index (χ1) is 13.8. The van der Waals surface area contributed by atoms with Gasteiger partial charge in [-0.1, -0.05) is 54.1 Å². The molecule has 0 saturated carbocycles. The molecular formula is C22H21ClN2O3S. The van der Waals surface area contributed by atoms with Crippen molar-refractivity contribution in [2.45, 2.75) is 25.3 Å². The Hall–Kier alpha value is -2.67. The number of aryl methyl sites for hydroxylation is 1. The number of hydrogen-bond donors (Lipinski definition) is 2. The highest BCUT2D eigenvalue weighted by Crippen LogP contribution is 2.24. The Labute approximate surface area is 175 Å². The van der Waals surface area contributed by atoms with Crippen LogP contribution in [0.15, 0.2) is 71.6 Å². The monoisotopic (exact) mass is 428 g/mol. The molecule has 0 heterocycles. The summed E-state index contributed by atoms with van der Waals surface area (Å²) in [5.74, 6) is -0.408. The lowest BCUT2D eigenvalue weighted by Gasteiger charge is -2.12. The zero-order valence-electron chi connectivity index (χ0n) is 16.1. The topological polar surface area (TPSA) is 75.3 Å². The van der Waals surface area contributed by atoms with Crippen LogP contribution in [0.1, 0.15) is 27.0 Å². The zero-order valence-corrected chi connectivity index (χ0v) is 17.6. The smallest absolute Gasteiger partial charge is 0.255 e. The number of benzene rings is 3. The Morgan fingerprint density at radius 3 is 2.41 bits per heavy atom. The highest BCUT2D eigenvalue weighted by atomic mass is 35.5. The van der Waals surface area contributed by atoms with Crippen molar-refractivity contribution in [1.82, 2.24) is 4.72 Å². The number of nitrogens with one attached hydrogen (secondary N) is 2. The lowest BCUT2D eigenvalue weighted by molar-refractivity contribution is 0.102. The Morgan fingerprint density at radius 2 is 1.69 bits per heavy atom. The summed E-state index contributed by atoms with van der Waals surface area (Å²) in [6.45, 7) is 3.99. The fourth-order valence-corrected chi connectivity index (χ4v) is 4.32. The van der Waals surface area contributed by atoms with Gasteiger partial charge in [0.05, 0.1) is 5.02 Å². The van der Waals surface area contributed by atoms with E-state index in [-0.39, 0.29) is 22.0 Å². The van der Waals surface area contributed by atoms with Gasteiger partial charge in [-0.25, -0.2) is 13.1 Å². The van der Waals surface area contributed by atoms with Crippen LogP contribution in [0.25, 0.3) is 0 Å². The van der Waals surface area contributed by atoms with Crippen molar-refractivity contribution in [3.63, 3.8) is 0 Å². The van der Waals surface area contributed by atoms with Gasteiger partial charge in [-0.05, 0) is 54.8 Å². The van der Waals surface area contributed by atoms with E-state index in [4.69, 9.17) is 11.6 Å². The van der Waals surface area contributed by atoms with Gasteiger partial charge in [0, 0.05) is 17.8 Å². The number of anilines is 1. The molecule has 7 heteroatoms. The van der Waals surface area contributed by atoms with Gasteiger partial charge in [-0.2, -0.15) is 0 Å². The van der Waals surface area contributed by atoms with Crippen molar-refractivity contribution in [3.8, 4) is 0 Å². The first-order valence-corrected chi connectivity index (χ1v) is 10.8. The second-order valence-electron chi connectivity index (χ2n) is 6.66. The summed E-state index contributed by atoms with van der Waals surface area (Å²) in [7, 11) is -3.89. The number of sulfonamides is 1. The molecule has 0 fully saturated rings. The largest absolute Gasteiger partial charge is 0.322 e. The number of carbonyl (C=O) groups is 1. The van der Waals surface area contributed by atoms with Gasteiger partial charge in [0.25, 0.3) is 5.91 Å². The lowest BCUT2D eigenvalue weighted by Crippen LogP contribution is -2.24. The minimum atomic E-state index is -3.89. The van der Waals surface area contributed by atoms with E-state index in [1.165, 1.54) is 18.2 Å². The number of halogens is 1. The molecule has 150 valence electrons. The van der Waals surface area contributed by atoms with Gasteiger partial charge < -0.3 is 5.32 Å². The number of carbonyl (C=O) groups excluding carboxylic acids is 1. The Bertz CT molecular complexity index is 1150. The molecule has 0 aliphatic heterocycles. The zero-order chi connectivity index (χ0) is 21.0. The van der Waals surface area contributed by atoms with E-state index in [0.717, 1.165) is 16.7 Å². The van der Waals surface area contributed by atoms with Gasteiger partial charge in [-0.15, -0.1) is 0 Å². The standard InChI is InChI=1S/C22H21ClN2O3S/c1-15-7-6-10-20(16(15)2)25-22(26)18-11-12-19(23)21(13-18)29(27,28)24-14-17-8-4-3-5-9-17/h3-13,24H,14H2,1-2H3,(H,25,26). The van der Waals surface area contributed by atoms with Crippen LogP contribution in [0.2, 0.25) is 5.02 Å². The highest BCUT2D eigenvalue weighted by Gasteiger charge is 2.20. The fourth-order valence-electron chi connectivity index (χ4n) is 2.78. The Kier molecular flexibility index (Phi) is 6.37. The van der Waals surface area contributed by atoms with Gasteiger partial charge in [0.2, 0.25) is 10.0 Å². The molecule has 0 unspecified atom stereocenters. The first-order valence-electron chi connectivity index (χ1n) is 8.98. The molecule has 3 aromatic carbocycles. The van der Waals surface area contributed by atoms with Crippen LogP contribution >= 0.6 is 11.6 Å². The molecule has 3 aromatic rings. The second-order valence-corrected chi connectivity index (χ2v) is 8.80. The summed E-state index contributed by atoms with van der Waals surface area (Å²) < 4.78 is 28.0. The van der Waals surface area contributed by atoms with Gasteiger partial charge in [0.1, 0.15) is 4.90 Å². The quantitative estimate of drug-likeness (QED) is 0.598. The average Bonchev–Trinajstić information content (AvgIpc) is 2.71. The van der Waals surface area contributed by atoms with E-state index >= 15 is 0 Å². The van der Waals surface area contributed by atoms with Crippen LogP contribution in [0.5, 0.6) is 0 Å². The normalized spacial score (nSPS) is 11.3. The SMILES string of the molecule is Cc1cccc(NC(=O)c2ccc(Cl)c(S(=O)(=O)NCc3ccccc3)c2)c1C. The Morgan fingerprint density at radius 1 is 0.966 bits per heavy atom. The second kappa shape index (κ2) is 8.78. The third kappa shape index (κ3) is 5.03. The maximum absolute atomic E-state index is 12.7. The molecule has 0 radical (unpaired) electrons. The van der Waals surface area contributed by atoms with Crippen LogP contribution in [-0.2, 0) is 16.6 Å². The molecule has 29 heavy (non-hydrogen) atoms. The number of rotatable bonds is 6. The molecule has 2 N–H and O–H groups in total. The van der Waals surface area contributed by atoms with Crippen LogP contribution in [0, 0.1) is 13.8 Å². The predicted molar refractivity (Wildman–Crippen MR) is 116 cm³/mol. The maximum Gasteiger partial charge on any atom is 0.255 e. The predicted octanol–water partition coefficient (Wildman–Crippen LogP) is 4.69. The summed E-state index contributed by atoms with van der Waals surface area (Å²) in [6, 6.07) is 19.0. The van der Waals surface area contributed by atoms with Crippen molar-refractivity contribution in [2.24, 2.45) is 0 Å².